The van der Waals surface area contributed by atoms with E-state index in [0.717, 1.165) is 12.8 Å². The number of rotatable bonds is 1. The first-order valence-corrected chi connectivity index (χ1v) is 5.94. The Hall–Kier alpha value is -0.640. The third-order valence-corrected chi connectivity index (χ3v) is 3.99. The highest BCUT2D eigenvalue weighted by Gasteiger charge is 2.52. The van der Waals surface area contributed by atoms with Crippen LogP contribution in [0.15, 0.2) is 24.8 Å². The van der Waals surface area contributed by atoms with Crippen LogP contribution >= 0.6 is 0 Å². The van der Waals surface area contributed by atoms with E-state index in [2.05, 4.69) is 20.1 Å². The van der Waals surface area contributed by atoms with E-state index in [0.29, 0.717) is 11.8 Å². The molecule has 88 valence electrons. The average molecular weight is 222 g/mol. The van der Waals surface area contributed by atoms with Crippen molar-refractivity contribution < 1.29 is 14.2 Å². The van der Waals surface area contributed by atoms with Crippen LogP contribution in [0.1, 0.15) is 19.8 Å². The average Bonchev–Trinajstić information content (AvgIpc) is 2.80. The van der Waals surface area contributed by atoms with Crippen molar-refractivity contribution in [2.45, 2.75) is 44.6 Å². The van der Waals surface area contributed by atoms with E-state index in [4.69, 9.17) is 14.2 Å². The number of allylic oxidation sites excluding steroid dienone is 1. The second-order valence-electron chi connectivity index (χ2n) is 5.04. The van der Waals surface area contributed by atoms with Crippen molar-refractivity contribution in [1.29, 1.82) is 0 Å². The fourth-order valence-electron chi connectivity index (χ4n) is 3.22. The molecule has 2 aliphatic heterocycles. The summed E-state index contributed by atoms with van der Waals surface area (Å²) in [5.74, 6) is 1.05. The van der Waals surface area contributed by atoms with E-state index in [1.54, 1.807) is 6.08 Å². The molecule has 3 aliphatic rings. The number of hydrogen-bond acceptors (Lipinski definition) is 3. The Kier molecular flexibility index (Phi) is 2.42. The minimum atomic E-state index is -0.310. The van der Waals surface area contributed by atoms with Crippen LogP contribution in [0.2, 0.25) is 0 Å². The topological polar surface area (TPSA) is 27.7 Å². The summed E-state index contributed by atoms with van der Waals surface area (Å²) < 4.78 is 17.3. The normalized spacial score (nSPS) is 51.2. The fourth-order valence-corrected chi connectivity index (χ4v) is 3.22. The smallest absolute Gasteiger partial charge is 0.187 e. The molecular formula is C13H18O3. The van der Waals surface area contributed by atoms with E-state index < -0.39 is 0 Å². The van der Waals surface area contributed by atoms with Gasteiger partial charge in [-0.1, -0.05) is 18.7 Å². The Morgan fingerprint density at radius 3 is 2.69 bits per heavy atom. The van der Waals surface area contributed by atoms with Gasteiger partial charge in [0.05, 0.1) is 6.10 Å². The molecule has 0 aromatic rings. The highest BCUT2D eigenvalue weighted by Crippen LogP contribution is 2.48. The van der Waals surface area contributed by atoms with Crippen LogP contribution in [-0.4, -0.2) is 24.8 Å². The molecule has 1 saturated carbocycles. The molecule has 3 nitrogen and oxygen atoms in total. The molecular weight excluding hydrogens is 204 g/mol. The molecule has 0 aromatic carbocycles. The summed E-state index contributed by atoms with van der Waals surface area (Å²) in [4.78, 5) is 0. The first-order valence-electron chi connectivity index (χ1n) is 5.94. The van der Waals surface area contributed by atoms with E-state index >= 15 is 0 Å². The molecule has 16 heavy (non-hydrogen) atoms. The predicted molar refractivity (Wildman–Crippen MR) is 59.6 cm³/mol. The first-order chi connectivity index (χ1) is 7.69. The van der Waals surface area contributed by atoms with Gasteiger partial charge in [0.25, 0.3) is 0 Å². The van der Waals surface area contributed by atoms with Crippen molar-refractivity contribution >= 4 is 0 Å². The van der Waals surface area contributed by atoms with Gasteiger partial charge in [0.2, 0.25) is 0 Å². The first kappa shape index (κ1) is 10.5. The highest BCUT2D eigenvalue weighted by atomic mass is 16.8. The highest BCUT2D eigenvalue weighted by molar-refractivity contribution is 5.11. The quantitative estimate of drug-likeness (QED) is 0.637. The third kappa shape index (κ3) is 1.46. The molecule has 0 radical (unpaired) electrons. The number of hydrogen-bond donors (Lipinski definition) is 0. The van der Waals surface area contributed by atoms with Crippen molar-refractivity contribution in [2.75, 3.05) is 0 Å². The Morgan fingerprint density at radius 1 is 1.19 bits per heavy atom. The maximum absolute atomic E-state index is 5.87. The van der Waals surface area contributed by atoms with Gasteiger partial charge in [0.1, 0.15) is 6.10 Å². The Balaban J connectivity index is 1.83. The SMILES string of the molecule is C=CC1O[C@H]2O[C@@H](C)[C@H]3CC(=C)C[C@@H]3[C@H]2O1. The third-order valence-electron chi connectivity index (χ3n) is 3.99. The molecule has 6 atom stereocenters. The lowest BCUT2D eigenvalue weighted by atomic mass is 9.84. The van der Waals surface area contributed by atoms with Crippen LogP contribution in [0.4, 0.5) is 0 Å². The molecule has 2 saturated heterocycles. The monoisotopic (exact) mass is 222 g/mol. The van der Waals surface area contributed by atoms with Gasteiger partial charge in [-0.05, 0) is 37.7 Å². The van der Waals surface area contributed by atoms with Gasteiger partial charge >= 0.3 is 0 Å². The minimum Gasteiger partial charge on any atom is -0.347 e. The number of ether oxygens (including phenoxy) is 3. The zero-order valence-electron chi connectivity index (χ0n) is 9.59. The summed E-state index contributed by atoms with van der Waals surface area (Å²) in [5.41, 5.74) is 1.32. The summed E-state index contributed by atoms with van der Waals surface area (Å²) >= 11 is 0. The molecule has 1 unspecified atom stereocenters. The minimum absolute atomic E-state index is 0.0587. The van der Waals surface area contributed by atoms with Crippen LogP contribution in [0.25, 0.3) is 0 Å². The van der Waals surface area contributed by atoms with Crippen LogP contribution in [0, 0.1) is 11.8 Å². The van der Waals surface area contributed by atoms with Crippen molar-refractivity contribution in [1.82, 2.24) is 0 Å². The Morgan fingerprint density at radius 2 is 1.94 bits per heavy atom. The Bertz CT molecular complexity index is 325. The lowest BCUT2D eigenvalue weighted by molar-refractivity contribution is -0.204. The summed E-state index contributed by atoms with van der Waals surface area (Å²) in [7, 11) is 0. The van der Waals surface area contributed by atoms with Crippen LogP contribution in [0.3, 0.4) is 0 Å². The van der Waals surface area contributed by atoms with Gasteiger partial charge in [-0.15, -0.1) is 0 Å². The second-order valence-corrected chi connectivity index (χ2v) is 5.04. The molecule has 0 bridgehead atoms. The molecule has 1 aliphatic carbocycles. The molecule has 0 amide bonds. The molecule has 0 aromatic heterocycles. The van der Waals surface area contributed by atoms with Gasteiger partial charge in [-0.25, -0.2) is 0 Å². The van der Waals surface area contributed by atoms with E-state index in [-0.39, 0.29) is 24.8 Å². The summed E-state index contributed by atoms with van der Waals surface area (Å²) in [5, 5.41) is 0. The maximum atomic E-state index is 5.87. The molecule has 2 heterocycles. The van der Waals surface area contributed by atoms with Crippen molar-refractivity contribution in [3.63, 3.8) is 0 Å². The van der Waals surface area contributed by atoms with E-state index in [1.165, 1.54) is 5.57 Å². The molecule has 3 fully saturated rings. The predicted octanol–water partition coefficient (Wildman–Crippen LogP) is 2.24. The van der Waals surface area contributed by atoms with Crippen molar-refractivity contribution in [3.05, 3.63) is 24.8 Å². The van der Waals surface area contributed by atoms with Gasteiger partial charge in [-0.2, -0.15) is 0 Å². The van der Waals surface area contributed by atoms with Gasteiger partial charge in [0, 0.05) is 0 Å². The second kappa shape index (κ2) is 3.69. The molecule has 0 N–H and O–H groups in total. The van der Waals surface area contributed by atoms with Crippen LogP contribution in [-0.2, 0) is 14.2 Å². The van der Waals surface area contributed by atoms with Gasteiger partial charge in [-0.3, -0.25) is 0 Å². The number of fused-ring (bicyclic) bond motifs is 3. The molecule has 3 rings (SSSR count). The lowest BCUT2D eigenvalue weighted by Crippen LogP contribution is -2.46. The fraction of sp³-hybridized carbons (Fsp3) is 0.692. The van der Waals surface area contributed by atoms with E-state index in [9.17, 15) is 0 Å². The molecule has 3 heteroatoms. The summed E-state index contributed by atoms with van der Waals surface area (Å²) in [6, 6.07) is 0. The largest absolute Gasteiger partial charge is 0.347 e. The van der Waals surface area contributed by atoms with Gasteiger partial charge in [0.15, 0.2) is 12.6 Å². The van der Waals surface area contributed by atoms with Crippen molar-refractivity contribution in [2.24, 2.45) is 11.8 Å². The zero-order valence-corrected chi connectivity index (χ0v) is 9.59. The van der Waals surface area contributed by atoms with E-state index in [1.807, 2.05) is 0 Å². The zero-order chi connectivity index (χ0) is 11.3. The van der Waals surface area contributed by atoms with Crippen molar-refractivity contribution in [3.8, 4) is 0 Å². The lowest BCUT2D eigenvalue weighted by Gasteiger charge is -2.37. The van der Waals surface area contributed by atoms with Gasteiger partial charge < -0.3 is 14.2 Å². The van der Waals surface area contributed by atoms with Crippen LogP contribution in [0.5, 0.6) is 0 Å². The maximum Gasteiger partial charge on any atom is 0.187 e. The summed E-state index contributed by atoms with van der Waals surface area (Å²) in [6.07, 6.45) is 3.57. The summed E-state index contributed by atoms with van der Waals surface area (Å²) in [6.45, 7) is 9.91. The molecule has 0 spiro atoms. The van der Waals surface area contributed by atoms with Crippen LogP contribution < -0.4 is 0 Å². The standard InChI is InChI=1S/C13H18O3/c1-4-11-15-12-10-6-7(2)5-9(10)8(3)14-13(12)16-11/h4,8-13H,1-2,5-6H2,3H3/t8-,9+,10-,11?,12+,13+/m0/s1. The Labute approximate surface area is 96.1 Å².